The molecule has 12 heteroatoms. The van der Waals surface area contributed by atoms with E-state index in [1.165, 1.54) is 17.8 Å². The first-order valence-electron chi connectivity index (χ1n) is 12.7. The molecule has 2 amide bonds. The molecule has 1 aliphatic rings. The van der Waals surface area contributed by atoms with Crippen LogP contribution in [-0.4, -0.2) is 40.0 Å². The average Bonchev–Trinajstić information content (AvgIpc) is 3.38. The maximum absolute atomic E-state index is 13.7. The molecule has 2 heterocycles. The first-order chi connectivity index (χ1) is 20.3. The summed E-state index contributed by atoms with van der Waals surface area (Å²) in [6, 6.07) is 22.4. The van der Waals surface area contributed by atoms with Crippen LogP contribution < -0.4 is 10.6 Å². The number of anilines is 2. The number of halogens is 1. The topological polar surface area (TPSA) is 143 Å². The summed E-state index contributed by atoms with van der Waals surface area (Å²) in [5, 5.41) is 20.0. The fourth-order valence-corrected chi connectivity index (χ4v) is 5.66. The lowest BCUT2D eigenvalue weighted by Crippen LogP contribution is -2.29. The lowest BCUT2D eigenvalue weighted by molar-refractivity contribution is -0.152. The molecule has 0 saturated carbocycles. The van der Waals surface area contributed by atoms with Crippen LogP contribution in [-0.2, 0) is 24.9 Å². The van der Waals surface area contributed by atoms with Gasteiger partial charge in [0.15, 0.2) is 5.92 Å². The third-order valence-corrected chi connectivity index (χ3v) is 7.62. The Hall–Kier alpha value is -4.92. The molecule has 2 N–H and O–H groups in total. The highest BCUT2D eigenvalue weighted by atomic mass is 35.5. The van der Waals surface area contributed by atoms with Crippen molar-refractivity contribution in [2.45, 2.75) is 17.6 Å². The molecule has 210 valence electrons. The standard InChI is InChI=1S/C30H22ClN5O5S/c1-2-41-30(40)29(39)34-19-11-12-24-21(14-19)26-23(16-42-24)25(35-36(26)20-9-4-3-5-10-20)27(37)22(15-32)28(38)33-18-8-6-7-17(31)13-18/h3-14,22H,2,16H2,1H3,(H,33,38)(H,34,39). The molecule has 10 nitrogen and oxygen atoms in total. The molecule has 0 radical (unpaired) electrons. The summed E-state index contributed by atoms with van der Waals surface area (Å²) in [7, 11) is 0. The fraction of sp³-hybridized carbons (Fsp3) is 0.133. The Morgan fingerprint density at radius 1 is 1.05 bits per heavy atom. The summed E-state index contributed by atoms with van der Waals surface area (Å²) in [6.45, 7) is 1.66. The van der Waals surface area contributed by atoms with Gasteiger partial charge < -0.3 is 15.4 Å². The van der Waals surface area contributed by atoms with Gasteiger partial charge in [0, 0.05) is 38.2 Å². The summed E-state index contributed by atoms with van der Waals surface area (Å²) < 4.78 is 6.36. The lowest BCUT2D eigenvalue weighted by atomic mass is 9.97. The van der Waals surface area contributed by atoms with Crippen molar-refractivity contribution >= 4 is 58.3 Å². The van der Waals surface area contributed by atoms with E-state index >= 15 is 0 Å². The number of ether oxygens (including phenoxy) is 1. The van der Waals surface area contributed by atoms with Crippen LogP contribution in [0.2, 0.25) is 5.02 Å². The zero-order chi connectivity index (χ0) is 29.8. The predicted octanol–water partition coefficient (Wildman–Crippen LogP) is 5.26. The molecule has 4 aromatic rings. The van der Waals surface area contributed by atoms with E-state index in [0.29, 0.717) is 44.7 Å². The van der Waals surface area contributed by atoms with Crippen molar-refractivity contribution in [3.05, 3.63) is 89.1 Å². The normalized spacial score (nSPS) is 12.2. The molecule has 1 unspecified atom stereocenters. The van der Waals surface area contributed by atoms with Crippen LogP contribution in [0, 0.1) is 17.2 Å². The maximum Gasteiger partial charge on any atom is 0.397 e. The molecule has 0 bridgehead atoms. The van der Waals surface area contributed by atoms with E-state index in [9.17, 15) is 24.4 Å². The minimum atomic E-state index is -1.67. The first-order valence-corrected chi connectivity index (χ1v) is 14.1. The predicted molar refractivity (Wildman–Crippen MR) is 157 cm³/mol. The van der Waals surface area contributed by atoms with Crippen LogP contribution in [0.1, 0.15) is 23.0 Å². The van der Waals surface area contributed by atoms with Crippen LogP contribution >= 0.6 is 23.4 Å². The molecule has 1 aliphatic heterocycles. The number of benzene rings is 3. The molecule has 3 aromatic carbocycles. The molecule has 0 fully saturated rings. The van der Waals surface area contributed by atoms with E-state index in [2.05, 4.69) is 15.7 Å². The van der Waals surface area contributed by atoms with Gasteiger partial charge in [0.25, 0.3) is 0 Å². The number of nitrogens with one attached hydrogen (secondary N) is 2. The van der Waals surface area contributed by atoms with Gasteiger partial charge >= 0.3 is 11.9 Å². The van der Waals surface area contributed by atoms with Crippen molar-refractivity contribution in [3.8, 4) is 23.0 Å². The van der Waals surface area contributed by atoms with E-state index in [1.54, 1.807) is 48.0 Å². The van der Waals surface area contributed by atoms with Gasteiger partial charge in [-0.1, -0.05) is 35.9 Å². The second-order valence-electron chi connectivity index (χ2n) is 9.02. The molecule has 5 rings (SSSR count). The fourth-order valence-electron chi connectivity index (χ4n) is 4.42. The number of ketones is 1. The van der Waals surface area contributed by atoms with Crippen molar-refractivity contribution in [1.29, 1.82) is 5.26 Å². The smallest absolute Gasteiger partial charge is 0.397 e. The van der Waals surface area contributed by atoms with Crippen LogP contribution in [0.5, 0.6) is 0 Å². The number of carbonyl (C=O) groups is 4. The first kappa shape index (κ1) is 28.6. The average molecular weight is 600 g/mol. The summed E-state index contributed by atoms with van der Waals surface area (Å²) in [5.41, 5.74) is 3.06. The molecule has 1 atom stereocenters. The van der Waals surface area contributed by atoms with Crippen LogP contribution in [0.15, 0.2) is 77.7 Å². The van der Waals surface area contributed by atoms with E-state index < -0.39 is 29.5 Å². The molecule has 0 saturated heterocycles. The van der Waals surface area contributed by atoms with E-state index in [1.807, 2.05) is 36.4 Å². The van der Waals surface area contributed by atoms with E-state index in [4.69, 9.17) is 16.3 Å². The molecular formula is C30H22ClN5O5S. The highest BCUT2D eigenvalue weighted by molar-refractivity contribution is 7.98. The second-order valence-corrected chi connectivity index (χ2v) is 10.5. The Bertz CT molecular complexity index is 1770. The van der Waals surface area contributed by atoms with Gasteiger partial charge in [-0.25, -0.2) is 9.48 Å². The Kier molecular flexibility index (Phi) is 8.38. The van der Waals surface area contributed by atoms with E-state index in [-0.39, 0.29) is 12.3 Å². The van der Waals surface area contributed by atoms with Crippen LogP contribution in [0.4, 0.5) is 11.4 Å². The van der Waals surface area contributed by atoms with Crippen molar-refractivity contribution in [1.82, 2.24) is 9.78 Å². The zero-order valence-electron chi connectivity index (χ0n) is 22.1. The second kappa shape index (κ2) is 12.3. The maximum atomic E-state index is 13.7. The zero-order valence-corrected chi connectivity index (χ0v) is 23.7. The van der Waals surface area contributed by atoms with Crippen molar-refractivity contribution in [2.75, 3.05) is 17.2 Å². The lowest BCUT2D eigenvalue weighted by Gasteiger charge is -2.19. The van der Waals surface area contributed by atoms with Gasteiger partial charge in [0.1, 0.15) is 5.69 Å². The SMILES string of the molecule is CCOC(=O)C(=O)Nc1ccc2c(c1)-c1c(c(C(=O)C(C#N)C(=O)Nc3cccc(Cl)c3)nn1-c1ccccc1)CS2. The number of aromatic nitrogens is 2. The van der Waals surface area contributed by atoms with Crippen molar-refractivity contribution in [3.63, 3.8) is 0 Å². The van der Waals surface area contributed by atoms with Gasteiger partial charge in [-0.15, -0.1) is 11.8 Å². The van der Waals surface area contributed by atoms with Gasteiger partial charge in [0.05, 0.1) is 24.1 Å². The number of thioether (sulfide) groups is 1. The van der Waals surface area contributed by atoms with Crippen molar-refractivity contribution < 1.29 is 23.9 Å². The number of esters is 1. The third-order valence-electron chi connectivity index (χ3n) is 6.29. The number of nitrogens with zero attached hydrogens (tertiary/aromatic N) is 3. The van der Waals surface area contributed by atoms with Gasteiger partial charge in [-0.3, -0.25) is 14.4 Å². The molecule has 42 heavy (non-hydrogen) atoms. The number of para-hydroxylation sites is 1. The quantitative estimate of drug-likeness (QED) is 0.127. The largest absolute Gasteiger partial charge is 0.459 e. The molecular weight excluding hydrogens is 578 g/mol. The number of nitriles is 1. The highest BCUT2D eigenvalue weighted by Gasteiger charge is 2.36. The monoisotopic (exact) mass is 599 g/mol. The Morgan fingerprint density at radius 2 is 1.81 bits per heavy atom. The summed E-state index contributed by atoms with van der Waals surface area (Å²) >= 11 is 7.44. The van der Waals surface area contributed by atoms with Crippen LogP contribution in [0.3, 0.4) is 0 Å². The van der Waals surface area contributed by atoms with Gasteiger partial charge in [-0.2, -0.15) is 10.4 Å². The van der Waals surface area contributed by atoms with Gasteiger partial charge in [0.2, 0.25) is 11.7 Å². The number of hydrogen-bond acceptors (Lipinski definition) is 8. The molecule has 0 spiro atoms. The number of hydrogen-bond donors (Lipinski definition) is 2. The van der Waals surface area contributed by atoms with Crippen LogP contribution in [0.25, 0.3) is 16.9 Å². The Balaban J connectivity index is 1.56. The Labute approximate surface area is 249 Å². The number of fused-ring (bicyclic) bond motifs is 3. The number of amides is 2. The van der Waals surface area contributed by atoms with Crippen molar-refractivity contribution in [2.24, 2.45) is 5.92 Å². The minimum Gasteiger partial charge on any atom is -0.459 e. The molecule has 0 aliphatic carbocycles. The number of carbonyl (C=O) groups excluding carboxylic acids is 4. The minimum absolute atomic E-state index is 0.0132. The summed E-state index contributed by atoms with van der Waals surface area (Å²) in [6.07, 6.45) is 0. The number of rotatable bonds is 7. The summed E-state index contributed by atoms with van der Waals surface area (Å²) in [5.74, 6) is -4.81. The summed E-state index contributed by atoms with van der Waals surface area (Å²) in [4.78, 5) is 51.8. The highest BCUT2D eigenvalue weighted by Crippen LogP contribution is 2.45. The third kappa shape index (κ3) is 5.76. The number of Topliss-reactive ketones (excluding diaryl/α,β-unsaturated/α-hetero) is 1. The van der Waals surface area contributed by atoms with E-state index in [0.717, 1.165) is 4.90 Å². The van der Waals surface area contributed by atoms with Gasteiger partial charge in [-0.05, 0) is 55.5 Å². The molecule has 1 aromatic heterocycles. The Morgan fingerprint density at radius 3 is 2.52 bits per heavy atom.